The molecule has 0 saturated carbocycles. The van der Waals surface area contributed by atoms with Crippen molar-refractivity contribution >= 4 is 6.29 Å². The fraction of sp³-hybridized carbons (Fsp3) is 0.200. The zero-order chi connectivity index (χ0) is 13.0. The molecular formula is C15H15NO2. The van der Waals surface area contributed by atoms with Crippen LogP contribution in [0.1, 0.15) is 22.8 Å². The van der Waals surface area contributed by atoms with E-state index in [1.165, 1.54) is 0 Å². The van der Waals surface area contributed by atoms with Crippen LogP contribution in [0.15, 0.2) is 36.7 Å². The standard InChI is InChI=1S/C15H15NO2/c1-3-18-15-6-12(10-17)5-13(7-15)14-4-11(2)8-16-9-14/h4-10H,3H2,1-2H3. The van der Waals surface area contributed by atoms with Crippen LogP contribution in [0.3, 0.4) is 0 Å². The SMILES string of the molecule is CCOc1cc(C=O)cc(-c2cncc(C)c2)c1. The van der Waals surface area contributed by atoms with Crippen molar-refractivity contribution < 1.29 is 9.53 Å². The average molecular weight is 241 g/mol. The second kappa shape index (κ2) is 5.45. The van der Waals surface area contributed by atoms with Crippen LogP contribution in [-0.4, -0.2) is 17.9 Å². The Morgan fingerprint density at radius 3 is 2.67 bits per heavy atom. The number of aldehydes is 1. The Hall–Kier alpha value is -2.16. The van der Waals surface area contributed by atoms with Crippen molar-refractivity contribution in [1.82, 2.24) is 4.98 Å². The molecule has 0 amide bonds. The summed E-state index contributed by atoms with van der Waals surface area (Å²) in [6.45, 7) is 4.48. The first-order valence-electron chi connectivity index (χ1n) is 5.88. The van der Waals surface area contributed by atoms with Crippen LogP contribution in [0.2, 0.25) is 0 Å². The zero-order valence-electron chi connectivity index (χ0n) is 10.5. The normalized spacial score (nSPS) is 10.1. The quantitative estimate of drug-likeness (QED) is 0.771. The second-order valence-corrected chi connectivity index (χ2v) is 4.09. The van der Waals surface area contributed by atoms with Gasteiger partial charge in [-0.05, 0) is 49.2 Å². The monoisotopic (exact) mass is 241 g/mol. The van der Waals surface area contributed by atoms with Gasteiger partial charge in [0.05, 0.1) is 6.61 Å². The minimum Gasteiger partial charge on any atom is -0.494 e. The van der Waals surface area contributed by atoms with E-state index in [1.54, 1.807) is 18.5 Å². The van der Waals surface area contributed by atoms with Crippen LogP contribution < -0.4 is 4.74 Å². The topological polar surface area (TPSA) is 39.2 Å². The van der Waals surface area contributed by atoms with Gasteiger partial charge in [-0.25, -0.2) is 0 Å². The fourth-order valence-electron chi connectivity index (χ4n) is 1.82. The number of ether oxygens (including phenoxy) is 1. The molecule has 1 aromatic carbocycles. The third-order valence-electron chi connectivity index (χ3n) is 2.58. The molecule has 0 fully saturated rings. The first-order valence-corrected chi connectivity index (χ1v) is 5.88. The molecule has 0 spiro atoms. The molecule has 1 heterocycles. The number of aromatic nitrogens is 1. The Bertz CT molecular complexity index is 564. The molecule has 18 heavy (non-hydrogen) atoms. The van der Waals surface area contributed by atoms with Crippen LogP contribution in [-0.2, 0) is 0 Å². The Morgan fingerprint density at radius 2 is 2.00 bits per heavy atom. The number of carbonyl (C=O) groups excluding carboxylic acids is 1. The lowest BCUT2D eigenvalue weighted by atomic mass is 10.0. The summed E-state index contributed by atoms with van der Waals surface area (Å²) in [5, 5.41) is 0. The first-order chi connectivity index (χ1) is 8.72. The number of aryl methyl sites for hydroxylation is 1. The van der Waals surface area contributed by atoms with Crippen molar-refractivity contribution in [2.45, 2.75) is 13.8 Å². The smallest absolute Gasteiger partial charge is 0.150 e. The predicted molar refractivity (Wildman–Crippen MR) is 71.0 cm³/mol. The van der Waals surface area contributed by atoms with Crippen molar-refractivity contribution in [3.8, 4) is 16.9 Å². The Labute approximate surface area is 106 Å². The number of hydrogen-bond donors (Lipinski definition) is 0. The van der Waals surface area contributed by atoms with E-state index in [4.69, 9.17) is 4.74 Å². The summed E-state index contributed by atoms with van der Waals surface area (Å²) < 4.78 is 5.46. The van der Waals surface area contributed by atoms with Gasteiger partial charge in [0.15, 0.2) is 0 Å². The summed E-state index contributed by atoms with van der Waals surface area (Å²) in [6.07, 6.45) is 4.42. The van der Waals surface area contributed by atoms with Crippen molar-refractivity contribution in [3.05, 3.63) is 47.8 Å². The number of nitrogens with zero attached hydrogens (tertiary/aromatic N) is 1. The number of benzene rings is 1. The van der Waals surface area contributed by atoms with Gasteiger partial charge >= 0.3 is 0 Å². The van der Waals surface area contributed by atoms with Gasteiger partial charge in [-0.2, -0.15) is 0 Å². The number of carbonyl (C=O) groups is 1. The fourth-order valence-corrected chi connectivity index (χ4v) is 1.82. The van der Waals surface area contributed by atoms with Gasteiger partial charge in [0.1, 0.15) is 12.0 Å². The maximum Gasteiger partial charge on any atom is 0.150 e. The highest BCUT2D eigenvalue weighted by atomic mass is 16.5. The summed E-state index contributed by atoms with van der Waals surface area (Å²) >= 11 is 0. The number of pyridine rings is 1. The third-order valence-corrected chi connectivity index (χ3v) is 2.58. The molecule has 0 N–H and O–H groups in total. The maximum absolute atomic E-state index is 10.9. The van der Waals surface area contributed by atoms with Crippen molar-refractivity contribution in [3.63, 3.8) is 0 Å². The predicted octanol–water partition coefficient (Wildman–Crippen LogP) is 3.27. The molecule has 0 unspecified atom stereocenters. The van der Waals surface area contributed by atoms with Gasteiger partial charge in [-0.1, -0.05) is 0 Å². The summed E-state index contributed by atoms with van der Waals surface area (Å²) in [7, 11) is 0. The van der Waals surface area contributed by atoms with Gasteiger partial charge in [0.25, 0.3) is 0 Å². The summed E-state index contributed by atoms with van der Waals surface area (Å²) in [5.41, 5.74) is 3.62. The van der Waals surface area contributed by atoms with E-state index in [1.807, 2.05) is 32.0 Å². The van der Waals surface area contributed by atoms with E-state index in [0.717, 1.165) is 23.0 Å². The molecule has 3 nitrogen and oxygen atoms in total. The summed E-state index contributed by atoms with van der Waals surface area (Å²) in [5.74, 6) is 0.707. The molecule has 3 heteroatoms. The van der Waals surface area contributed by atoms with Gasteiger partial charge in [-0.3, -0.25) is 9.78 Å². The van der Waals surface area contributed by atoms with Gasteiger partial charge in [0, 0.05) is 23.5 Å². The lowest BCUT2D eigenvalue weighted by Gasteiger charge is -2.08. The van der Waals surface area contributed by atoms with Gasteiger partial charge in [-0.15, -0.1) is 0 Å². The van der Waals surface area contributed by atoms with E-state index in [2.05, 4.69) is 4.98 Å². The molecule has 2 aromatic rings. The lowest BCUT2D eigenvalue weighted by Crippen LogP contribution is -1.94. The van der Waals surface area contributed by atoms with Gasteiger partial charge < -0.3 is 4.74 Å². The highest BCUT2D eigenvalue weighted by molar-refractivity contribution is 5.80. The van der Waals surface area contributed by atoms with E-state index < -0.39 is 0 Å². The molecule has 0 aliphatic heterocycles. The Kier molecular flexibility index (Phi) is 3.72. The van der Waals surface area contributed by atoms with E-state index in [0.29, 0.717) is 17.9 Å². The van der Waals surface area contributed by atoms with Crippen LogP contribution in [0.5, 0.6) is 5.75 Å². The molecule has 0 saturated heterocycles. The average Bonchev–Trinajstić information content (AvgIpc) is 2.39. The molecule has 92 valence electrons. The second-order valence-electron chi connectivity index (χ2n) is 4.09. The van der Waals surface area contributed by atoms with Crippen LogP contribution in [0, 0.1) is 6.92 Å². The molecule has 0 aliphatic carbocycles. The van der Waals surface area contributed by atoms with E-state index in [-0.39, 0.29) is 0 Å². The minimum atomic E-state index is 0.577. The van der Waals surface area contributed by atoms with Crippen molar-refractivity contribution in [2.24, 2.45) is 0 Å². The largest absolute Gasteiger partial charge is 0.494 e. The summed E-state index contributed by atoms with van der Waals surface area (Å²) in [6, 6.07) is 7.54. The van der Waals surface area contributed by atoms with Crippen molar-refractivity contribution in [1.29, 1.82) is 0 Å². The molecule has 0 radical (unpaired) electrons. The summed E-state index contributed by atoms with van der Waals surface area (Å²) in [4.78, 5) is 15.1. The van der Waals surface area contributed by atoms with Crippen LogP contribution >= 0.6 is 0 Å². The molecule has 1 aromatic heterocycles. The Balaban J connectivity index is 2.49. The van der Waals surface area contributed by atoms with Crippen LogP contribution in [0.25, 0.3) is 11.1 Å². The molecule has 0 bridgehead atoms. The lowest BCUT2D eigenvalue weighted by molar-refractivity contribution is 0.112. The minimum absolute atomic E-state index is 0.577. The molecule has 2 rings (SSSR count). The maximum atomic E-state index is 10.9. The first kappa shape index (κ1) is 12.3. The van der Waals surface area contributed by atoms with Gasteiger partial charge in [0.2, 0.25) is 0 Å². The van der Waals surface area contributed by atoms with E-state index >= 15 is 0 Å². The Morgan fingerprint density at radius 1 is 1.17 bits per heavy atom. The molecule has 0 aliphatic rings. The van der Waals surface area contributed by atoms with E-state index in [9.17, 15) is 4.79 Å². The number of hydrogen-bond acceptors (Lipinski definition) is 3. The third kappa shape index (κ3) is 2.74. The number of rotatable bonds is 4. The van der Waals surface area contributed by atoms with Crippen molar-refractivity contribution in [2.75, 3.05) is 6.61 Å². The highest BCUT2D eigenvalue weighted by Gasteiger charge is 2.04. The zero-order valence-corrected chi connectivity index (χ0v) is 10.5. The van der Waals surface area contributed by atoms with Crippen LogP contribution in [0.4, 0.5) is 0 Å². The highest BCUT2D eigenvalue weighted by Crippen LogP contribution is 2.25. The molecule has 0 atom stereocenters. The molecular weight excluding hydrogens is 226 g/mol.